The lowest BCUT2D eigenvalue weighted by Gasteiger charge is -2.31. The van der Waals surface area contributed by atoms with Crippen LogP contribution in [0.4, 0.5) is 37.7 Å². The van der Waals surface area contributed by atoms with E-state index in [0.29, 0.717) is 11.1 Å². The summed E-state index contributed by atoms with van der Waals surface area (Å²) in [4.78, 5) is 7.52. The Labute approximate surface area is 143 Å². The van der Waals surface area contributed by atoms with E-state index in [1.165, 1.54) is 13.1 Å². The van der Waals surface area contributed by atoms with E-state index in [2.05, 4.69) is 9.83 Å². The molecule has 10 heteroatoms. The number of rotatable bonds is 4. The zero-order chi connectivity index (χ0) is 18.8. The number of benzene rings is 1. The minimum atomic E-state index is -4.84. The summed E-state index contributed by atoms with van der Waals surface area (Å²) in [7, 11) is 0. The van der Waals surface area contributed by atoms with Crippen molar-refractivity contribution in [1.82, 2.24) is 4.98 Å². The fourth-order valence-corrected chi connectivity index (χ4v) is 2.95. The Balaban J connectivity index is 2.52. The van der Waals surface area contributed by atoms with Crippen LogP contribution in [-0.4, -0.2) is 17.7 Å². The molecule has 0 aliphatic carbocycles. The SMILES string of the molecule is [C-]#[N+]c1ccc(N(CC(F)(F)F)C(C)c2nccs2)cc1C(F)(F)F. The zero-order valence-electron chi connectivity index (χ0n) is 12.7. The van der Waals surface area contributed by atoms with E-state index in [4.69, 9.17) is 6.57 Å². The number of nitrogens with zero attached hydrogens (tertiary/aromatic N) is 3. The number of alkyl halides is 6. The highest BCUT2D eigenvalue weighted by molar-refractivity contribution is 7.09. The molecule has 0 aliphatic rings. The van der Waals surface area contributed by atoms with Gasteiger partial charge in [0.25, 0.3) is 0 Å². The molecule has 1 unspecified atom stereocenters. The molecule has 0 saturated carbocycles. The molecule has 0 spiro atoms. The van der Waals surface area contributed by atoms with Crippen LogP contribution >= 0.6 is 11.3 Å². The second kappa shape index (κ2) is 6.92. The molecule has 1 aromatic heterocycles. The lowest BCUT2D eigenvalue weighted by Crippen LogP contribution is -2.36. The van der Waals surface area contributed by atoms with Gasteiger partial charge in [0.2, 0.25) is 0 Å². The van der Waals surface area contributed by atoms with E-state index in [0.717, 1.165) is 28.4 Å². The molecular formula is C15H11F6N3S. The number of halogens is 6. The van der Waals surface area contributed by atoms with Crippen LogP contribution in [-0.2, 0) is 6.18 Å². The molecule has 1 heterocycles. The molecule has 1 atom stereocenters. The van der Waals surface area contributed by atoms with Crippen molar-refractivity contribution >= 4 is 22.7 Å². The summed E-state index contributed by atoms with van der Waals surface area (Å²) in [5.41, 5.74) is -2.21. The van der Waals surface area contributed by atoms with E-state index >= 15 is 0 Å². The quantitative estimate of drug-likeness (QED) is 0.491. The maximum atomic E-state index is 13.1. The predicted molar refractivity (Wildman–Crippen MR) is 81.6 cm³/mol. The smallest absolute Gasteiger partial charge is 0.353 e. The maximum absolute atomic E-state index is 13.1. The van der Waals surface area contributed by atoms with Gasteiger partial charge in [0.05, 0.1) is 18.2 Å². The van der Waals surface area contributed by atoms with Crippen molar-refractivity contribution in [2.75, 3.05) is 11.4 Å². The topological polar surface area (TPSA) is 20.5 Å². The van der Waals surface area contributed by atoms with Crippen LogP contribution in [0.15, 0.2) is 29.8 Å². The second-order valence-corrected chi connectivity index (χ2v) is 6.03. The lowest BCUT2D eigenvalue weighted by atomic mass is 10.1. The van der Waals surface area contributed by atoms with Gasteiger partial charge in [-0.25, -0.2) is 9.83 Å². The molecular weight excluding hydrogens is 368 g/mol. The van der Waals surface area contributed by atoms with Crippen LogP contribution in [0.2, 0.25) is 0 Å². The highest BCUT2D eigenvalue weighted by Crippen LogP contribution is 2.40. The summed E-state index contributed by atoms with van der Waals surface area (Å²) < 4.78 is 78.1. The van der Waals surface area contributed by atoms with E-state index in [1.54, 1.807) is 5.38 Å². The molecule has 3 nitrogen and oxygen atoms in total. The minimum absolute atomic E-state index is 0.278. The monoisotopic (exact) mass is 379 g/mol. The summed E-state index contributed by atoms with van der Waals surface area (Å²) in [6.45, 7) is 6.80. The molecule has 0 saturated heterocycles. The third-order valence-electron chi connectivity index (χ3n) is 3.36. The zero-order valence-corrected chi connectivity index (χ0v) is 13.5. The number of aromatic nitrogens is 1. The maximum Gasteiger partial charge on any atom is 0.407 e. The first-order chi connectivity index (χ1) is 11.5. The fraction of sp³-hybridized carbons (Fsp3) is 0.333. The minimum Gasteiger partial charge on any atom is -0.353 e. The Bertz CT molecular complexity index is 761. The van der Waals surface area contributed by atoms with Crippen molar-refractivity contribution in [3.05, 3.63) is 51.8 Å². The van der Waals surface area contributed by atoms with Crippen molar-refractivity contribution in [2.45, 2.75) is 25.3 Å². The fourth-order valence-electron chi connectivity index (χ4n) is 2.25. The van der Waals surface area contributed by atoms with Crippen LogP contribution in [0, 0.1) is 6.57 Å². The average molecular weight is 379 g/mol. The van der Waals surface area contributed by atoms with E-state index in [-0.39, 0.29) is 5.69 Å². The standard InChI is InChI=1S/C15H11F6N3S/c1-9(13-23-5-6-25-13)24(8-14(16,17)18)10-3-4-12(22-2)11(7-10)15(19,20)21/h3-7,9H,8H2,1H3. The van der Waals surface area contributed by atoms with Gasteiger partial charge in [-0.05, 0) is 19.1 Å². The van der Waals surface area contributed by atoms with Crippen molar-refractivity contribution in [3.63, 3.8) is 0 Å². The molecule has 1 aromatic carbocycles. The predicted octanol–water partition coefficient (Wildman–Crippen LogP) is 5.84. The lowest BCUT2D eigenvalue weighted by molar-refractivity contribution is -0.136. The Morgan fingerprint density at radius 2 is 1.92 bits per heavy atom. The molecule has 0 fully saturated rings. The number of anilines is 1. The highest BCUT2D eigenvalue weighted by Gasteiger charge is 2.37. The molecule has 0 aliphatic heterocycles. The summed E-state index contributed by atoms with van der Waals surface area (Å²) in [5, 5.41) is 1.91. The van der Waals surface area contributed by atoms with Crippen LogP contribution in [0.3, 0.4) is 0 Å². The summed E-state index contributed by atoms with van der Waals surface area (Å²) in [6.07, 6.45) is -8.06. The molecule has 25 heavy (non-hydrogen) atoms. The first-order valence-corrected chi connectivity index (χ1v) is 7.72. The average Bonchev–Trinajstić information content (AvgIpc) is 3.04. The van der Waals surface area contributed by atoms with E-state index in [9.17, 15) is 26.3 Å². The first-order valence-electron chi connectivity index (χ1n) is 6.84. The molecule has 0 N–H and O–H groups in total. The van der Waals surface area contributed by atoms with Gasteiger partial charge in [-0.1, -0.05) is 6.07 Å². The van der Waals surface area contributed by atoms with Crippen molar-refractivity contribution in [3.8, 4) is 0 Å². The largest absolute Gasteiger partial charge is 0.407 e. The number of hydrogen-bond acceptors (Lipinski definition) is 3. The van der Waals surface area contributed by atoms with Gasteiger partial charge >= 0.3 is 12.4 Å². The van der Waals surface area contributed by atoms with Gasteiger partial charge in [0.15, 0.2) is 5.69 Å². The summed E-state index contributed by atoms with van der Waals surface area (Å²) in [5.74, 6) is 0. The molecule has 0 amide bonds. The van der Waals surface area contributed by atoms with Crippen molar-refractivity contribution < 1.29 is 26.3 Å². The molecule has 0 bridgehead atoms. The van der Waals surface area contributed by atoms with Gasteiger partial charge in [-0.2, -0.15) is 26.3 Å². The van der Waals surface area contributed by atoms with E-state index < -0.39 is 36.2 Å². The normalized spacial score (nSPS) is 13.4. The van der Waals surface area contributed by atoms with Crippen LogP contribution < -0.4 is 4.90 Å². The second-order valence-electron chi connectivity index (χ2n) is 5.10. The van der Waals surface area contributed by atoms with Crippen LogP contribution in [0.1, 0.15) is 23.5 Å². The Hall–Kier alpha value is -2.28. The molecule has 134 valence electrons. The van der Waals surface area contributed by atoms with Crippen molar-refractivity contribution in [2.24, 2.45) is 0 Å². The van der Waals surface area contributed by atoms with Gasteiger partial charge in [0, 0.05) is 17.3 Å². The number of thiazole rings is 1. The van der Waals surface area contributed by atoms with Crippen molar-refractivity contribution in [1.29, 1.82) is 0 Å². The van der Waals surface area contributed by atoms with Gasteiger partial charge in [-0.15, -0.1) is 11.3 Å². The highest BCUT2D eigenvalue weighted by atomic mass is 32.1. The molecule has 0 radical (unpaired) electrons. The first kappa shape index (κ1) is 19.1. The van der Waals surface area contributed by atoms with Gasteiger partial charge < -0.3 is 4.90 Å². The third kappa shape index (κ3) is 4.63. The molecule has 2 rings (SSSR count). The van der Waals surface area contributed by atoms with Gasteiger partial charge in [-0.3, -0.25) is 0 Å². The summed E-state index contributed by atoms with van der Waals surface area (Å²) in [6, 6.07) is 1.65. The molecule has 2 aromatic rings. The summed E-state index contributed by atoms with van der Waals surface area (Å²) >= 11 is 1.11. The third-order valence-corrected chi connectivity index (χ3v) is 4.31. The Morgan fingerprint density at radius 3 is 2.40 bits per heavy atom. The van der Waals surface area contributed by atoms with Gasteiger partial charge in [0.1, 0.15) is 11.6 Å². The number of hydrogen-bond donors (Lipinski definition) is 0. The van der Waals surface area contributed by atoms with E-state index in [1.807, 2.05) is 0 Å². The Kier molecular flexibility index (Phi) is 5.27. The Morgan fingerprint density at radius 1 is 1.24 bits per heavy atom. The van der Waals surface area contributed by atoms with Crippen LogP contribution in [0.5, 0.6) is 0 Å². The van der Waals surface area contributed by atoms with Crippen LogP contribution in [0.25, 0.3) is 4.85 Å².